The number of rotatable bonds is 4. The zero-order valence-electron chi connectivity index (χ0n) is 12.1. The zero-order valence-corrected chi connectivity index (χ0v) is 12.9. The maximum absolute atomic E-state index is 12.0. The molecule has 112 valence electrons. The minimum absolute atomic E-state index is 0.0766. The summed E-state index contributed by atoms with van der Waals surface area (Å²) in [5.74, 6) is 0.712. The molecule has 0 saturated carbocycles. The van der Waals surface area contributed by atoms with E-state index in [4.69, 9.17) is 0 Å². The minimum atomic E-state index is -0.305. The highest BCUT2D eigenvalue weighted by Crippen LogP contribution is 2.21. The number of nitrogens with one attached hydrogen (secondary N) is 1. The fourth-order valence-electron chi connectivity index (χ4n) is 2.50. The van der Waals surface area contributed by atoms with Gasteiger partial charge < -0.3 is 5.32 Å². The summed E-state index contributed by atoms with van der Waals surface area (Å²) in [5.41, 5.74) is 3.24. The summed E-state index contributed by atoms with van der Waals surface area (Å²) >= 11 is 1.30. The van der Waals surface area contributed by atoms with Crippen LogP contribution in [0.3, 0.4) is 0 Å². The second-order valence-electron chi connectivity index (χ2n) is 5.32. The van der Waals surface area contributed by atoms with E-state index in [9.17, 15) is 9.59 Å². The van der Waals surface area contributed by atoms with Gasteiger partial charge in [0.25, 0.3) is 0 Å². The number of carbonyl (C=O) groups is 2. The molecule has 22 heavy (non-hydrogen) atoms. The Balaban J connectivity index is 1.61. The van der Waals surface area contributed by atoms with E-state index >= 15 is 0 Å². The Hall–Kier alpha value is -2.07. The number of hydrogen-bond acceptors (Lipinski definition) is 3. The summed E-state index contributed by atoms with van der Waals surface area (Å²) in [6.45, 7) is 0. The molecule has 1 aliphatic rings. The van der Waals surface area contributed by atoms with Crippen LogP contribution in [0.25, 0.3) is 11.1 Å². The molecule has 1 N–H and O–H groups in total. The maximum atomic E-state index is 12.0. The molecule has 1 aliphatic heterocycles. The minimum Gasteiger partial charge on any atom is -0.345 e. The second-order valence-corrected chi connectivity index (χ2v) is 6.42. The lowest BCUT2D eigenvalue weighted by atomic mass is 10.0. The standard InChI is InChI=1S/C18H17NO2S/c20-17(19-16-10-11-22-18(16)21)12-13-6-8-15(9-7-13)14-4-2-1-3-5-14/h1-9,16H,10-12H2,(H,19,20)/t16-/m0/s1. The van der Waals surface area contributed by atoms with Gasteiger partial charge >= 0.3 is 0 Å². The molecule has 1 heterocycles. The zero-order chi connectivity index (χ0) is 15.4. The number of hydrogen-bond donors (Lipinski definition) is 1. The third-order valence-corrected chi connectivity index (χ3v) is 4.71. The molecule has 3 rings (SSSR count). The average Bonchev–Trinajstić information content (AvgIpc) is 2.94. The van der Waals surface area contributed by atoms with Gasteiger partial charge in [0.15, 0.2) is 0 Å². The van der Waals surface area contributed by atoms with Gasteiger partial charge in [0.2, 0.25) is 11.0 Å². The van der Waals surface area contributed by atoms with Crippen LogP contribution in [0.15, 0.2) is 54.6 Å². The summed E-state index contributed by atoms with van der Waals surface area (Å²) in [4.78, 5) is 23.5. The highest BCUT2D eigenvalue weighted by Gasteiger charge is 2.26. The van der Waals surface area contributed by atoms with Crippen LogP contribution in [0, 0.1) is 0 Å². The molecule has 2 aromatic rings. The van der Waals surface area contributed by atoms with Gasteiger partial charge in [-0.05, 0) is 23.1 Å². The van der Waals surface area contributed by atoms with Crippen molar-refractivity contribution in [3.8, 4) is 11.1 Å². The van der Waals surface area contributed by atoms with Crippen molar-refractivity contribution in [2.45, 2.75) is 18.9 Å². The average molecular weight is 311 g/mol. The van der Waals surface area contributed by atoms with Crippen molar-refractivity contribution in [1.29, 1.82) is 0 Å². The van der Waals surface area contributed by atoms with E-state index in [0.29, 0.717) is 6.42 Å². The fourth-order valence-corrected chi connectivity index (χ4v) is 3.44. The van der Waals surface area contributed by atoms with E-state index < -0.39 is 0 Å². The van der Waals surface area contributed by atoms with Crippen LogP contribution < -0.4 is 5.32 Å². The van der Waals surface area contributed by atoms with Crippen LogP contribution >= 0.6 is 11.8 Å². The fraction of sp³-hybridized carbons (Fsp3) is 0.222. The summed E-state index contributed by atoms with van der Waals surface area (Å²) in [6.07, 6.45) is 1.05. The predicted octanol–water partition coefficient (Wildman–Crippen LogP) is 3.04. The lowest BCUT2D eigenvalue weighted by Gasteiger charge is -2.10. The molecule has 2 aromatic carbocycles. The molecule has 0 unspecified atom stereocenters. The van der Waals surface area contributed by atoms with Crippen LogP contribution in [-0.2, 0) is 16.0 Å². The molecule has 0 radical (unpaired) electrons. The maximum Gasteiger partial charge on any atom is 0.225 e. The molecule has 1 atom stereocenters. The third kappa shape index (κ3) is 3.57. The first-order chi connectivity index (χ1) is 10.7. The van der Waals surface area contributed by atoms with Crippen molar-refractivity contribution in [2.75, 3.05) is 5.75 Å². The van der Waals surface area contributed by atoms with Gasteiger partial charge in [0.05, 0.1) is 12.5 Å². The van der Waals surface area contributed by atoms with Crippen LogP contribution in [0.5, 0.6) is 0 Å². The topological polar surface area (TPSA) is 46.2 Å². The van der Waals surface area contributed by atoms with Crippen molar-refractivity contribution < 1.29 is 9.59 Å². The molecule has 1 amide bonds. The van der Waals surface area contributed by atoms with Crippen molar-refractivity contribution in [1.82, 2.24) is 5.32 Å². The van der Waals surface area contributed by atoms with E-state index in [0.717, 1.165) is 28.9 Å². The van der Waals surface area contributed by atoms with E-state index in [-0.39, 0.29) is 17.1 Å². The number of amides is 1. The van der Waals surface area contributed by atoms with Crippen molar-refractivity contribution in [2.24, 2.45) is 0 Å². The van der Waals surface area contributed by atoms with Crippen LogP contribution in [0.4, 0.5) is 0 Å². The van der Waals surface area contributed by atoms with E-state index in [2.05, 4.69) is 17.4 Å². The van der Waals surface area contributed by atoms with Gasteiger partial charge in [-0.15, -0.1) is 0 Å². The van der Waals surface area contributed by atoms with E-state index in [1.165, 1.54) is 11.8 Å². The molecule has 4 heteroatoms. The molecule has 3 nitrogen and oxygen atoms in total. The number of carbonyl (C=O) groups excluding carboxylic acids is 2. The first kappa shape index (κ1) is 14.9. The number of thioether (sulfide) groups is 1. The van der Waals surface area contributed by atoms with Crippen molar-refractivity contribution in [3.05, 3.63) is 60.2 Å². The van der Waals surface area contributed by atoms with Gasteiger partial charge in [0.1, 0.15) is 0 Å². The third-order valence-electron chi connectivity index (χ3n) is 3.70. The predicted molar refractivity (Wildman–Crippen MR) is 89.6 cm³/mol. The first-order valence-corrected chi connectivity index (χ1v) is 8.31. The Morgan fingerprint density at radius 1 is 1.05 bits per heavy atom. The first-order valence-electron chi connectivity index (χ1n) is 7.33. The van der Waals surface area contributed by atoms with Gasteiger partial charge in [0, 0.05) is 5.75 Å². The lowest BCUT2D eigenvalue weighted by Crippen LogP contribution is -2.38. The van der Waals surface area contributed by atoms with E-state index in [1.54, 1.807) is 0 Å². The Morgan fingerprint density at radius 3 is 2.36 bits per heavy atom. The Bertz CT molecular complexity index is 667. The molecule has 0 aromatic heterocycles. The molecule has 1 saturated heterocycles. The van der Waals surface area contributed by atoms with Crippen LogP contribution in [0.1, 0.15) is 12.0 Å². The monoisotopic (exact) mass is 311 g/mol. The SMILES string of the molecule is O=C(Cc1ccc(-c2ccccc2)cc1)N[C@H]1CCSC1=O. The Kier molecular flexibility index (Phi) is 4.59. The van der Waals surface area contributed by atoms with E-state index in [1.807, 2.05) is 42.5 Å². The molecular formula is C18H17NO2S. The summed E-state index contributed by atoms with van der Waals surface area (Å²) in [6, 6.07) is 17.8. The Morgan fingerprint density at radius 2 is 1.73 bits per heavy atom. The molecule has 0 bridgehead atoms. The van der Waals surface area contributed by atoms with Gasteiger partial charge in [-0.2, -0.15) is 0 Å². The Labute approximate surface area is 134 Å². The number of benzene rings is 2. The van der Waals surface area contributed by atoms with Crippen molar-refractivity contribution >= 4 is 22.8 Å². The van der Waals surface area contributed by atoms with Crippen LogP contribution in [-0.4, -0.2) is 22.8 Å². The molecule has 0 aliphatic carbocycles. The van der Waals surface area contributed by atoms with Crippen LogP contribution in [0.2, 0.25) is 0 Å². The second kappa shape index (κ2) is 6.79. The highest BCUT2D eigenvalue weighted by molar-refractivity contribution is 8.14. The highest BCUT2D eigenvalue weighted by atomic mass is 32.2. The summed E-state index contributed by atoms with van der Waals surface area (Å²) < 4.78 is 0. The van der Waals surface area contributed by atoms with Gasteiger partial charge in [-0.1, -0.05) is 66.4 Å². The normalized spacial score (nSPS) is 17.5. The molecular weight excluding hydrogens is 294 g/mol. The molecule has 1 fully saturated rings. The largest absolute Gasteiger partial charge is 0.345 e. The summed E-state index contributed by atoms with van der Waals surface area (Å²) in [7, 11) is 0. The summed E-state index contributed by atoms with van der Waals surface area (Å²) in [5, 5.41) is 2.89. The smallest absolute Gasteiger partial charge is 0.225 e. The lowest BCUT2D eigenvalue weighted by molar-refractivity contribution is -0.124. The molecule has 0 spiro atoms. The quantitative estimate of drug-likeness (QED) is 0.944. The van der Waals surface area contributed by atoms with Gasteiger partial charge in [-0.3, -0.25) is 9.59 Å². The van der Waals surface area contributed by atoms with Crippen molar-refractivity contribution in [3.63, 3.8) is 0 Å². The van der Waals surface area contributed by atoms with Gasteiger partial charge in [-0.25, -0.2) is 0 Å².